The maximum atomic E-state index is 9.92. The molecule has 1 rings (SSSR count). The summed E-state index contributed by atoms with van der Waals surface area (Å²) in [5, 5.41) is 19.1. The first-order valence-electron chi connectivity index (χ1n) is 11.3. The van der Waals surface area contributed by atoms with Crippen LogP contribution in [-0.2, 0) is 16.0 Å². The average Bonchev–Trinajstić information content (AvgIpc) is 3.20. The molecule has 2 atom stereocenters. The zero-order valence-corrected chi connectivity index (χ0v) is 17.8. The van der Waals surface area contributed by atoms with Crippen molar-refractivity contribution in [1.82, 2.24) is 9.55 Å². The van der Waals surface area contributed by atoms with Crippen LogP contribution in [-0.4, -0.2) is 45.6 Å². The van der Waals surface area contributed by atoms with Gasteiger partial charge in [-0.25, -0.2) is 4.98 Å². The molecule has 0 amide bonds. The van der Waals surface area contributed by atoms with Crippen LogP contribution in [0.25, 0.3) is 0 Å². The molecule has 0 aliphatic heterocycles. The third-order valence-corrected chi connectivity index (χ3v) is 5.02. The second-order valence-corrected chi connectivity index (χ2v) is 7.57. The third-order valence-electron chi connectivity index (χ3n) is 5.02. The summed E-state index contributed by atoms with van der Waals surface area (Å²) in [5.74, 6) is 0. The second kappa shape index (κ2) is 18.1. The molecule has 1 aromatic rings. The minimum atomic E-state index is -1.22. The lowest BCUT2D eigenvalue weighted by molar-refractivity contribution is -0.284. The van der Waals surface area contributed by atoms with Gasteiger partial charge in [-0.05, 0) is 19.3 Å². The number of aromatic nitrogens is 2. The van der Waals surface area contributed by atoms with Crippen LogP contribution >= 0.6 is 0 Å². The van der Waals surface area contributed by atoms with E-state index in [9.17, 15) is 10.2 Å². The predicted molar refractivity (Wildman–Crippen MR) is 112 cm³/mol. The molecule has 0 bridgehead atoms. The lowest BCUT2D eigenvalue weighted by atomic mass is 10.0. The fourth-order valence-corrected chi connectivity index (χ4v) is 3.34. The first-order chi connectivity index (χ1) is 13.8. The van der Waals surface area contributed by atoms with Crippen LogP contribution in [0.4, 0.5) is 0 Å². The quantitative estimate of drug-likeness (QED) is 0.247. The SMILES string of the molecule is CCCCCCCCCCCCC(CCO)OC(O)OCCCn1ccnc1. The molecule has 28 heavy (non-hydrogen) atoms. The molecule has 0 fully saturated rings. The number of aryl methyl sites for hydroxylation is 1. The standard InChI is InChI=1S/C22H42N2O4/c1-2-3-4-5-6-7-8-9-10-11-13-21(14-18-25)28-22(26)27-19-12-16-24-17-15-23-20-24/h15,17,20-22,25-26H,2-14,16,18-19H2,1H3. The number of hydrogen-bond acceptors (Lipinski definition) is 5. The van der Waals surface area contributed by atoms with E-state index in [2.05, 4.69) is 11.9 Å². The summed E-state index contributed by atoms with van der Waals surface area (Å²) < 4.78 is 12.9. The van der Waals surface area contributed by atoms with Crippen LogP contribution in [0, 0.1) is 0 Å². The van der Waals surface area contributed by atoms with Gasteiger partial charge in [0.05, 0.1) is 19.0 Å². The van der Waals surface area contributed by atoms with Crippen LogP contribution < -0.4 is 0 Å². The van der Waals surface area contributed by atoms with Gasteiger partial charge in [0.2, 0.25) is 0 Å². The number of imidazole rings is 1. The molecule has 164 valence electrons. The summed E-state index contributed by atoms with van der Waals surface area (Å²) in [6.45, 7) is 2.31. The Bertz CT molecular complexity index is 428. The maximum absolute atomic E-state index is 9.92. The van der Waals surface area contributed by atoms with E-state index < -0.39 is 6.48 Å². The Balaban J connectivity index is 2.00. The normalized spacial score (nSPS) is 13.7. The molecule has 1 heterocycles. The van der Waals surface area contributed by atoms with Crippen molar-refractivity contribution in [1.29, 1.82) is 0 Å². The van der Waals surface area contributed by atoms with E-state index in [1.165, 1.54) is 57.8 Å². The van der Waals surface area contributed by atoms with Gasteiger partial charge in [-0.15, -0.1) is 0 Å². The summed E-state index contributed by atoms with van der Waals surface area (Å²) in [6.07, 6.45) is 20.4. The number of hydrogen-bond donors (Lipinski definition) is 2. The molecule has 6 nitrogen and oxygen atoms in total. The summed E-state index contributed by atoms with van der Waals surface area (Å²) in [7, 11) is 0. The zero-order chi connectivity index (χ0) is 20.3. The Labute approximate surface area is 171 Å². The Morgan fingerprint density at radius 2 is 1.61 bits per heavy atom. The molecule has 0 saturated heterocycles. The molecule has 2 N–H and O–H groups in total. The fourth-order valence-electron chi connectivity index (χ4n) is 3.34. The van der Waals surface area contributed by atoms with Gasteiger partial charge in [0.15, 0.2) is 0 Å². The summed E-state index contributed by atoms with van der Waals surface area (Å²) in [6, 6.07) is 0. The lowest BCUT2D eigenvalue weighted by Gasteiger charge is -2.21. The first-order valence-corrected chi connectivity index (χ1v) is 11.3. The highest BCUT2D eigenvalue weighted by molar-refractivity contribution is 4.73. The smallest absolute Gasteiger partial charge is 0.269 e. The van der Waals surface area contributed by atoms with E-state index in [-0.39, 0.29) is 12.7 Å². The van der Waals surface area contributed by atoms with E-state index >= 15 is 0 Å². The lowest BCUT2D eigenvalue weighted by Crippen LogP contribution is -2.26. The predicted octanol–water partition coefficient (Wildman–Crippen LogP) is 4.64. The van der Waals surface area contributed by atoms with E-state index in [1.807, 2.05) is 10.8 Å². The number of aliphatic hydroxyl groups is 2. The van der Waals surface area contributed by atoms with Crippen LogP contribution in [0.3, 0.4) is 0 Å². The molecular formula is C22H42N2O4. The number of unbranched alkanes of at least 4 members (excludes halogenated alkanes) is 9. The molecular weight excluding hydrogens is 356 g/mol. The molecule has 2 unspecified atom stereocenters. The third kappa shape index (κ3) is 14.1. The number of ether oxygens (including phenoxy) is 2. The second-order valence-electron chi connectivity index (χ2n) is 7.57. The molecule has 0 spiro atoms. The van der Waals surface area contributed by atoms with Crippen LogP contribution in [0.2, 0.25) is 0 Å². The van der Waals surface area contributed by atoms with Gasteiger partial charge in [-0.2, -0.15) is 0 Å². The zero-order valence-electron chi connectivity index (χ0n) is 17.8. The van der Waals surface area contributed by atoms with Crippen molar-refractivity contribution < 1.29 is 19.7 Å². The van der Waals surface area contributed by atoms with Crippen molar-refractivity contribution in [3.8, 4) is 0 Å². The van der Waals surface area contributed by atoms with Crippen molar-refractivity contribution in [2.75, 3.05) is 13.2 Å². The van der Waals surface area contributed by atoms with Crippen molar-refractivity contribution in [3.63, 3.8) is 0 Å². The van der Waals surface area contributed by atoms with Crippen LogP contribution in [0.15, 0.2) is 18.7 Å². The van der Waals surface area contributed by atoms with Crippen molar-refractivity contribution in [2.45, 2.75) is 110 Å². The summed E-state index contributed by atoms with van der Waals surface area (Å²) in [5.41, 5.74) is 0. The Morgan fingerprint density at radius 1 is 0.929 bits per heavy atom. The van der Waals surface area contributed by atoms with E-state index in [4.69, 9.17) is 9.47 Å². The largest absolute Gasteiger partial charge is 0.396 e. The van der Waals surface area contributed by atoms with Gasteiger partial charge in [-0.3, -0.25) is 0 Å². The molecule has 0 aliphatic rings. The van der Waals surface area contributed by atoms with Gasteiger partial charge in [0.1, 0.15) is 0 Å². The Kier molecular flexibility index (Phi) is 16.2. The number of aliphatic hydroxyl groups excluding tert-OH is 2. The number of nitrogens with zero attached hydrogens (tertiary/aromatic N) is 2. The molecule has 1 aromatic heterocycles. The fraction of sp³-hybridized carbons (Fsp3) is 0.864. The Morgan fingerprint density at radius 3 is 2.21 bits per heavy atom. The van der Waals surface area contributed by atoms with Gasteiger partial charge in [-0.1, -0.05) is 71.1 Å². The maximum Gasteiger partial charge on any atom is 0.269 e. The van der Waals surface area contributed by atoms with E-state index in [0.717, 1.165) is 25.8 Å². The van der Waals surface area contributed by atoms with Gasteiger partial charge in [0.25, 0.3) is 6.48 Å². The summed E-state index contributed by atoms with van der Waals surface area (Å²) >= 11 is 0. The van der Waals surface area contributed by atoms with E-state index in [0.29, 0.717) is 13.0 Å². The summed E-state index contributed by atoms with van der Waals surface area (Å²) in [4.78, 5) is 3.99. The molecule has 0 radical (unpaired) electrons. The van der Waals surface area contributed by atoms with Gasteiger partial charge in [0, 0.05) is 25.5 Å². The van der Waals surface area contributed by atoms with Crippen molar-refractivity contribution >= 4 is 0 Å². The number of rotatable bonds is 20. The van der Waals surface area contributed by atoms with E-state index in [1.54, 1.807) is 12.5 Å². The highest BCUT2D eigenvalue weighted by atomic mass is 16.8. The van der Waals surface area contributed by atoms with Crippen molar-refractivity contribution in [2.24, 2.45) is 0 Å². The monoisotopic (exact) mass is 398 g/mol. The van der Waals surface area contributed by atoms with Crippen LogP contribution in [0.5, 0.6) is 0 Å². The minimum absolute atomic E-state index is 0.0653. The highest BCUT2D eigenvalue weighted by Gasteiger charge is 2.14. The molecule has 6 heteroatoms. The van der Waals surface area contributed by atoms with Crippen LogP contribution in [0.1, 0.15) is 90.4 Å². The molecule has 0 aliphatic carbocycles. The average molecular weight is 399 g/mol. The topological polar surface area (TPSA) is 76.7 Å². The minimum Gasteiger partial charge on any atom is -0.396 e. The van der Waals surface area contributed by atoms with Crippen molar-refractivity contribution in [3.05, 3.63) is 18.7 Å². The first kappa shape index (κ1) is 25.1. The molecule has 0 saturated carbocycles. The highest BCUT2D eigenvalue weighted by Crippen LogP contribution is 2.15. The van der Waals surface area contributed by atoms with Gasteiger partial charge >= 0.3 is 0 Å². The van der Waals surface area contributed by atoms with Gasteiger partial charge < -0.3 is 24.3 Å². The molecule has 0 aromatic carbocycles. The Hall–Kier alpha value is -0.950.